The topological polar surface area (TPSA) is 74.2 Å². The second-order valence-electron chi connectivity index (χ2n) is 5.99. The molecule has 3 rings (SSSR count). The summed E-state index contributed by atoms with van der Waals surface area (Å²) in [4.78, 5) is 14.5. The van der Waals surface area contributed by atoms with Crippen LogP contribution in [-0.4, -0.2) is 37.4 Å². The van der Waals surface area contributed by atoms with E-state index in [1.165, 1.54) is 32.2 Å². The number of nitrogens with zero attached hydrogens (tertiary/aromatic N) is 2. The minimum Gasteiger partial charge on any atom is -0.504 e. The Hall–Kier alpha value is -2.54. The monoisotopic (exact) mass is 417 g/mol. The molecular weight excluding hydrogens is 398 g/mol. The van der Waals surface area contributed by atoms with Crippen molar-refractivity contribution in [1.82, 2.24) is 5.43 Å². The third kappa shape index (κ3) is 4.16. The molecule has 0 aromatic heterocycles. The van der Waals surface area contributed by atoms with Crippen LogP contribution >= 0.6 is 15.9 Å². The van der Waals surface area contributed by atoms with E-state index in [1.54, 1.807) is 18.2 Å². The Bertz CT molecular complexity index is 816. The predicted octanol–water partition coefficient (Wildman–Crippen LogP) is 3.53. The Morgan fingerprint density at radius 1 is 1.27 bits per heavy atom. The minimum atomic E-state index is -0.281. The van der Waals surface area contributed by atoms with Crippen LogP contribution < -0.4 is 15.1 Å². The number of anilines is 1. The molecule has 26 heavy (non-hydrogen) atoms. The van der Waals surface area contributed by atoms with Crippen molar-refractivity contribution in [2.24, 2.45) is 5.10 Å². The van der Waals surface area contributed by atoms with E-state index in [1.807, 2.05) is 12.1 Å². The molecule has 7 heteroatoms. The van der Waals surface area contributed by atoms with Gasteiger partial charge in [-0.1, -0.05) is 0 Å². The maximum atomic E-state index is 12.2. The van der Waals surface area contributed by atoms with Crippen LogP contribution in [0, 0.1) is 0 Å². The molecule has 0 radical (unpaired) electrons. The average molecular weight is 418 g/mol. The number of aromatic hydroxyl groups is 1. The summed E-state index contributed by atoms with van der Waals surface area (Å²) in [6.07, 6.45) is 3.92. The summed E-state index contributed by atoms with van der Waals surface area (Å²) in [7, 11) is 1.47. The van der Waals surface area contributed by atoms with Gasteiger partial charge in [0, 0.05) is 34.4 Å². The lowest BCUT2D eigenvalue weighted by Crippen LogP contribution is -2.19. The van der Waals surface area contributed by atoms with Gasteiger partial charge in [-0.3, -0.25) is 4.79 Å². The molecule has 1 saturated heterocycles. The number of phenols is 1. The average Bonchev–Trinajstić information content (AvgIpc) is 3.18. The van der Waals surface area contributed by atoms with Gasteiger partial charge in [-0.25, -0.2) is 5.43 Å². The van der Waals surface area contributed by atoms with E-state index >= 15 is 0 Å². The highest BCUT2D eigenvalue weighted by atomic mass is 79.9. The van der Waals surface area contributed by atoms with Crippen molar-refractivity contribution in [1.29, 1.82) is 0 Å². The second kappa shape index (κ2) is 8.23. The molecule has 0 spiro atoms. The van der Waals surface area contributed by atoms with Crippen LogP contribution in [-0.2, 0) is 0 Å². The number of amides is 1. The molecule has 0 saturated carbocycles. The predicted molar refractivity (Wildman–Crippen MR) is 105 cm³/mol. The number of rotatable bonds is 5. The van der Waals surface area contributed by atoms with Crippen LogP contribution in [0.25, 0.3) is 0 Å². The van der Waals surface area contributed by atoms with Gasteiger partial charge in [-0.05, 0) is 65.2 Å². The second-order valence-corrected chi connectivity index (χ2v) is 6.84. The third-order valence-electron chi connectivity index (χ3n) is 4.27. The molecule has 0 aliphatic carbocycles. The Kier molecular flexibility index (Phi) is 5.78. The Morgan fingerprint density at radius 3 is 2.62 bits per heavy atom. The molecular formula is C19H20BrN3O3. The molecule has 2 aromatic carbocycles. The van der Waals surface area contributed by atoms with Gasteiger partial charge in [0.1, 0.15) is 0 Å². The summed E-state index contributed by atoms with van der Waals surface area (Å²) in [5.74, 6) is 0.0771. The summed E-state index contributed by atoms with van der Waals surface area (Å²) >= 11 is 3.34. The number of hydrazone groups is 1. The molecule has 1 fully saturated rings. The number of hydrogen-bond donors (Lipinski definition) is 2. The molecule has 1 amide bonds. The van der Waals surface area contributed by atoms with Gasteiger partial charge >= 0.3 is 0 Å². The first-order chi connectivity index (χ1) is 12.6. The number of benzene rings is 2. The summed E-state index contributed by atoms with van der Waals surface area (Å²) < 4.78 is 5.71. The zero-order valence-electron chi connectivity index (χ0n) is 14.4. The fourth-order valence-electron chi connectivity index (χ4n) is 2.84. The molecule has 0 unspecified atom stereocenters. The van der Waals surface area contributed by atoms with Crippen LogP contribution in [0.5, 0.6) is 11.5 Å². The molecule has 6 nitrogen and oxygen atoms in total. The Balaban J connectivity index is 1.64. The molecule has 2 N–H and O–H groups in total. The van der Waals surface area contributed by atoms with Crippen molar-refractivity contribution in [3.05, 3.63) is 52.0 Å². The van der Waals surface area contributed by atoms with Crippen LogP contribution in [0.4, 0.5) is 5.69 Å². The number of nitrogens with one attached hydrogen (secondary N) is 1. The number of carbonyl (C=O) groups excluding carboxylic acids is 1. The van der Waals surface area contributed by atoms with Gasteiger partial charge in [0.15, 0.2) is 11.5 Å². The lowest BCUT2D eigenvalue weighted by Gasteiger charge is -2.17. The van der Waals surface area contributed by atoms with Gasteiger partial charge in [0.25, 0.3) is 5.91 Å². The normalized spacial score (nSPS) is 14.0. The number of ether oxygens (including phenoxy) is 1. The summed E-state index contributed by atoms with van der Waals surface area (Å²) in [6.45, 7) is 2.14. The zero-order chi connectivity index (χ0) is 18.5. The van der Waals surface area contributed by atoms with Crippen LogP contribution in [0.15, 0.2) is 46.0 Å². The highest BCUT2D eigenvalue weighted by Gasteiger charge is 2.13. The number of phenolic OH excluding ortho intramolecular Hbond substituents is 1. The standard InChI is InChI=1S/C19H20BrN3O3/c1-26-18-10-14(16(20)11-17(18)24)12-21-22-19(25)13-4-6-15(7-5-13)23-8-2-3-9-23/h4-7,10-12,24H,2-3,8-9H2,1H3,(H,22,25)/b21-12+. The van der Waals surface area contributed by atoms with Gasteiger partial charge < -0.3 is 14.7 Å². The van der Waals surface area contributed by atoms with Crippen LogP contribution in [0.3, 0.4) is 0 Å². The molecule has 1 aliphatic heterocycles. The van der Waals surface area contributed by atoms with E-state index < -0.39 is 0 Å². The van der Waals surface area contributed by atoms with Crippen molar-refractivity contribution < 1.29 is 14.6 Å². The Morgan fingerprint density at radius 2 is 1.96 bits per heavy atom. The zero-order valence-corrected chi connectivity index (χ0v) is 16.0. The molecule has 1 heterocycles. The summed E-state index contributed by atoms with van der Waals surface area (Å²) in [5.41, 5.74) is 4.87. The number of halogens is 1. The SMILES string of the molecule is COc1cc(/C=N/NC(=O)c2ccc(N3CCCC3)cc2)c(Br)cc1O. The quantitative estimate of drug-likeness (QED) is 0.576. The van der Waals surface area contributed by atoms with Crippen LogP contribution in [0.1, 0.15) is 28.8 Å². The maximum absolute atomic E-state index is 12.2. The largest absolute Gasteiger partial charge is 0.504 e. The van der Waals surface area contributed by atoms with Crippen molar-refractivity contribution >= 4 is 33.7 Å². The molecule has 2 aromatic rings. The van der Waals surface area contributed by atoms with Crippen molar-refractivity contribution in [3.63, 3.8) is 0 Å². The molecule has 0 bridgehead atoms. The minimum absolute atomic E-state index is 0.0265. The van der Waals surface area contributed by atoms with E-state index in [0.29, 0.717) is 21.3 Å². The summed E-state index contributed by atoms with van der Waals surface area (Å²) in [6, 6.07) is 10.7. The highest BCUT2D eigenvalue weighted by molar-refractivity contribution is 9.10. The molecule has 1 aliphatic rings. The Labute approximate surface area is 160 Å². The van der Waals surface area contributed by atoms with Crippen molar-refractivity contribution in [2.75, 3.05) is 25.1 Å². The van der Waals surface area contributed by atoms with Gasteiger partial charge in [-0.15, -0.1) is 0 Å². The number of hydrogen-bond acceptors (Lipinski definition) is 5. The van der Waals surface area contributed by atoms with E-state index in [0.717, 1.165) is 18.8 Å². The highest BCUT2D eigenvalue weighted by Crippen LogP contribution is 2.31. The lowest BCUT2D eigenvalue weighted by molar-refractivity contribution is 0.0955. The van der Waals surface area contributed by atoms with E-state index in [4.69, 9.17) is 4.74 Å². The first-order valence-corrected chi connectivity index (χ1v) is 9.12. The van der Waals surface area contributed by atoms with Gasteiger partial charge in [0.2, 0.25) is 0 Å². The fraction of sp³-hybridized carbons (Fsp3) is 0.263. The number of methoxy groups -OCH3 is 1. The van der Waals surface area contributed by atoms with Crippen LogP contribution in [0.2, 0.25) is 0 Å². The van der Waals surface area contributed by atoms with E-state index in [9.17, 15) is 9.90 Å². The molecule has 0 atom stereocenters. The first kappa shape index (κ1) is 18.3. The van der Waals surface area contributed by atoms with Gasteiger partial charge in [-0.2, -0.15) is 5.10 Å². The molecule has 136 valence electrons. The fourth-order valence-corrected chi connectivity index (χ4v) is 3.28. The van der Waals surface area contributed by atoms with E-state index in [2.05, 4.69) is 31.4 Å². The smallest absolute Gasteiger partial charge is 0.271 e. The summed E-state index contributed by atoms with van der Waals surface area (Å²) in [5, 5.41) is 13.7. The van der Waals surface area contributed by atoms with Crippen molar-refractivity contribution in [2.45, 2.75) is 12.8 Å². The lowest BCUT2D eigenvalue weighted by atomic mass is 10.2. The van der Waals surface area contributed by atoms with E-state index in [-0.39, 0.29) is 11.7 Å². The van der Waals surface area contributed by atoms with Gasteiger partial charge in [0.05, 0.1) is 13.3 Å². The van der Waals surface area contributed by atoms with Crippen molar-refractivity contribution in [3.8, 4) is 11.5 Å². The maximum Gasteiger partial charge on any atom is 0.271 e. The first-order valence-electron chi connectivity index (χ1n) is 8.33. The number of carbonyl (C=O) groups is 1. The third-order valence-corrected chi connectivity index (χ3v) is 4.96.